The lowest BCUT2D eigenvalue weighted by atomic mass is 10.2. The van der Waals surface area contributed by atoms with E-state index in [0.717, 1.165) is 15.4 Å². The summed E-state index contributed by atoms with van der Waals surface area (Å²) in [6.45, 7) is 3.14. The van der Waals surface area contributed by atoms with Crippen LogP contribution in [-0.4, -0.2) is 20.9 Å². The van der Waals surface area contributed by atoms with Crippen molar-refractivity contribution < 1.29 is 13.2 Å². The van der Waals surface area contributed by atoms with Crippen molar-refractivity contribution in [3.8, 4) is 0 Å². The van der Waals surface area contributed by atoms with Crippen LogP contribution in [0.2, 0.25) is 15.1 Å². The zero-order valence-electron chi connectivity index (χ0n) is 16.7. The Morgan fingerprint density at radius 2 is 1.52 bits per heavy atom. The Morgan fingerprint density at radius 1 is 0.903 bits per heavy atom. The molecular formula is C22H19Cl3N2O3S. The summed E-state index contributed by atoms with van der Waals surface area (Å²) >= 11 is 18.3. The maximum absolute atomic E-state index is 13.4. The zero-order valence-corrected chi connectivity index (χ0v) is 19.8. The summed E-state index contributed by atoms with van der Waals surface area (Å²) < 4.78 is 27.8. The van der Waals surface area contributed by atoms with Crippen LogP contribution in [0.15, 0.2) is 65.6 Å². The van der Waals surface area contributed by atoms with E-state index in [9.17, 15) is 13.2 Å². The highest BCUT2D eigenvalue weighted by molar-refractivity contribution is 7.92. The maximum atomic E-state index is 13.4. The topological polar surface area (TPSA) is 66.5 Å². The highest BCUT2D eigenvalue weighted by atomic mass is 35.5. The number of aryl methyl sites for hydroxylation is 2. The highest BCUT2D eigenvalue weighted by Gasteiger charge is 2.29. The molecule has 0 spiro atoms. The molecule has 9 heteroatoms. The number of nitrogens with zero attached hydrogens (tertiary/aromatic N) is 1. The molecule has 31 heavy (non-hydrogen) atoms. The van der Waals surface area contributed by atoms with Gasteiger partial charge in [-0.15, -0.1) is 0 Å². The lowest BCUT2D eigenvalue weighted by molar-refractivity contribution is -0.114. The fourth-order valence-electron chi connectivity index (χ4n) is 2.90. The van der Waals surface area contributed by atoms with Gasteiger partial charge in [0.05, 0.1) is 15.6 Å². The second-order valence-electron chi connectivity index (χ2n) is 6.93. The lowest BCUT2D eigenvalue weighted by Gasteiger charge is -2.25. The fraction of sp³-hybridized carbons (Fsp3) is 0.136. The number of amides is 1. The molecule has 1 amide bonds. The van der Waals surface area contributed by atoms with Crippen molar-refractivity contribution in [2.45, 2.75) is 18.7 Å². The van der Waals surface area contributed by atoms with E-state index >= 15 is 0 Å². The Hall–Kier alpha value is -2.25. The van der Waals surface area contributed by atoms with Gasteiger partial charge in [-0.3, -0.25) is 9.10 Å². The highest BCUT2D eigenvalue weighted by Crippen LogP contribution is 2.33. The number of benzene rings is 3. The predicted molar refractivity (Wildman–Crippen MR) is 127 cm³/mol. The number of carbonyl (C=O) groups is 1. The van der Waals surface area contributed by atoms with Crippen LogP contribution in [-0.2, 0) is 14.8 Å². The first-order chi connectivity index (χ1) is 14.6. The molecule has 0 heterocycles. The SMILES string of the molecule is Cc1ccc(S(=O)(=O)N(CC(=O)Nc2ccc(Cl)cc2C)c2cc(Cl)ccc2Cl)cc1. The standard InChI is InChI=1S/C22H19Cl3N2O3S/c1-14-3-7-18(8-4-14)31(29,30)27(21-12-17(24)5-9-19(21)25)13-22(28)26-20-10-6-16(23)11-15(20)2/h3-12H,13H2,1-2H3,(H,26,28). The third-order valence-corrected chi connectivity index (χ3v) is 7.10. The number of hydrogen-bond donors (Lipinski definition) is 1. The molecule has 0 aliphatic rings. The van der Waals surface area contributed by atoms with Crippen molar-refractivity contribution in [2.24, 2.45) is 0 Å². The molecule has 162 valence electrons. The van der Waals surface area contributed by atoms with Crippen LogP contribution in [0.3, 0.4) is 0 Å². The molecule has 0 aliphatic carbocycles. The number of anilines is 2. The van der Waals surface area contributed by atoms with Crippen LogP contribution in [0.25, 0.3) is 0 Å². The monoisotopic (exact) mass is 496 g/mol. The molecule has 3 aromatic rings. The second kappa shape index (κ2) is 9.49. The average Bonchev–Trinajstić information content (AvgIpc) is 2.70. The number of carbonyl (C=O) groups excluding carboxylic acids is 1. The summed E-state index contributed by atoms with van der Waals surface area (Å²) in [6, 6.07) is 15.8. The largest absolute Gasteiger partial charge is 0.324 e. The summed E-state index contributed by atoms with van der Waals surface area (Å²) in [5.41, 5.74) is 2.29. The van der Waals surface area contributed by atoms with E-state index in [2.05, 4.69) is 5.32 Å². The first-order valence-corrected chi connectivity index (χ1v) is 11.8. The van der Waals surface area contributed by atoms with Gasteiger partial charge in [-0.25, -0.2) is 8.42 Å². The quantitative estimate of drug-likeness (QED) is 0.447. The lowest BCUT2D eigenvalue weighted by Crippen LogP contribution is -2.38. The molecule has 0 aromatic heterocycles. The summed E-state index contributed by atoms with van der Waals surface area (Å²) in [5.74, 6) is -0.544. The summed E-state index contributed by atoms with van der Waals surface area (Å²) in [7, 11) is -4.11. The normalized spacial score (nSPS) is 11.3. The Bertz CT molecular complexity index is 1230. The van der Waals surface area contributed by atoms with Gasteiger partial charge in [0.1, 0.15) is 6.54 Å². The van der Waals surface area contributed by atoms with Gasteiger partial charge >= 0.3 is 0 Å². The van der Waals surface area contributed by atoms with Crippen LogP contribution in [0, 0.1) is 13.8 Å². The zero-order chi connectivity index (χ0) is 22.8. The van der Waals surface area contributed by atoms with Gasteiger partial charge in [-0.05, 0) is 67.9 Å². The summed E-state index contributed by atoms with van der Waals surface area (Å²) in [6.07, 6.45) is 0. The van der Waals surface area contributed by atoms with Gasteiger partial charge in [0.15, 0.2) is 0 Å². The summed E-state index contributed by atoms with van der Waals surface area (Å²) in [4.78, 5) is 12.9. The van der Waals surface area contributed by atoms with E-state index in [1.807, 2.05) is 6.92 Å². The van der Waals surface area contributed by atoms with Gasteiger partial charge in [0.25, 0.3) is 10.0 Å². The Labute approximate surface area is 196 Å². The van der Waals surface area contributed by atoms with Gasteiger partial charge < -0.3 is 5.32 Å². The Kier molecular flexibility index (Phi) is 7.17. The number of rotatable bonds is 6. The van der Waals surface area contributed by atoms with Crippen molar-refractivity contribution in [1.82, 2.24) is 0 Å². The molecule has 3 rings (SSSR count). The third kappa shape index (κ3) is 5.52. The van der Waals surface area contributed by atoms with Crippen molar-refractivity contribution in [1.29, 1.82) is 0 Å². The number of nitrogens with one attached hydrogen (secondary N) is 1. The van der Waals surface area contributed by atoms with Crippen molar-refractivity contribution in [3.63, 3.8) is 0 Å². The third-order valence-electron chi connectivity index (χ3n) is 4.54. The van der Waals surface area contributed by atoms with E-state index in [4.69, 9.17) is 34.8 Å². The van der Waals surface area contributed by atoms with Crippen LogP contribution in [0.1, 0.15) is 11.1 Å². The van der Waals surface area contributed by atoms with Crippen LogP contribution in [0.4, 0.5) is 11.4 Å². The van der Waals surface area contributed by atoms with Crippen LogP contribution >= 0.6 is 34.8 Å². The number of sulfonamides is 1. The van der Waals surface area contributed by atoms with Crippen molar-refractivity contribution in [2.75, 3.05) is 16.2 Å². The van der Waals surface area contributed by atoms with E-state index < -0.39 is 22.5 Å². The summed E-state index contributed by atoms with van der Waals surface area (Å²) in [5, 5.41) is 3.69. The molecule has 0 aliphatic heterocycles. The smallest absolute Gasteiger partial charge is 0.264 e. The molecule has 0 radical (unpaired) electrons. The second-order valence-corrected chi connectivity index (χ2v) is 10.1. The molecule has 0 atom stereocenters. The number of hydrogen-bond acceptors (Lipinski definition) is 3. The van der Waals surface area contributed by atoms with E-state index in [-0.39, 0.29) is 20.6 Å². The molecule has 0 bridgehead atoms. The first kappa shape index (κ1) is 23.4. The molecule has 0 saturated carbocycles. The van der Waals surface area contributed by atoms with Crippen molar-refractivity contribution in [3.05, 3.63) is 86.9 Å². The van der Waals surface area contributed by atoms with Gasteiger partial charge in [-0.2, -0.15) is 0 Å². The van der Waals surface area contributed by atoms with Gasteiger partial charge in [0, 0.05) is 15.7 Å². The van der Waals surface area contributed by atoms with E-state index in [1.54, 1.807) is 43.3 Å². The molecule has 0 saturated heterocycles. The van der Waals surface area contributed by atoms with E-state index in [0.29, 0.717) is 10.7 Å². The van der Waals surface area contributed by atoms with Gasteiger partial charge in [-0.1, -0.05) is 52.5 Å². The predicted octanol–water partition coefficient (Wildman–Crippen LogP) is 6.10. The first-order valence-electron chi connectivity index (χ1n) is 9.18. The van der Waals surface area contributed by atoms with Gasteiger partial charge in [0.2, 0.25) is 5.91 Å². The minimum atomic E-state index is -4.11. The average molecular weight is 498 g/mol. The molecule has 5 nitrogen and oxygen atoms in total. The number of halogens is 3. The van der Waals surface area contributed by atoms with E-state index in [1.165, 1.54) is 24.3 Å². The maximum Gasteiger partial charge on any atom is 0.264 e. The molecular weight excluding hydrogens is 479 g/mol. The minimum absolute atomic E-state index is 0.0321. The van der Waals surface area contributed by atoms with Crippen LogP contribution < -0.4 is 9.62 Å². The Morgan fingerprint density at radius 3 is 2.16 bits per heavy atom. The Balaban J connectivity index is 2.00. The molecule has 3 aromatic carbocycles. The molecule has 0 fully saturated rings. The fourth-order valence-corrected chi connectivity index (χ4v) is 5.00. The molecule has 0 unspecified atom stereocenters. The van der Waals surface area contributed by atoms with Crippen LogP contribution in [0.5, 0.6) is 0 Å². The van der Waals surface area contributed by atoms with Crippen molar-refractivity contribution >= 4 is 62.1 Å². The minimum Gasteiger partial charge on any atom is -0.324 e. The molecule has 1 N–H and O–H groups in total.